The zero-order valence-electron chi connectivity index (χ0n) is 13.7. The van der Waals surface area contributed by atoms with Gasteiger partial charge in [0.2, 0.25) is 0 Å². The zero-order valence-corrected chi connectivity index (χ0v) is 14.5. The van der Waals surface area contributed by atoms with Gasteiger partial charge in [0.05, 0.1) is 16.2 Å². The van der Waals surface area contributed by atoms with Crippen molar-refractivity contribution in [2.45, 2.75) is 11.1 Å². The van der Waals surface area contributed by atoms with E-state index in [2.05, 4.69) is 4.98 Å². The van der Waals surface area contributed by atoms with Crippen LogP contribution in [0.15, 0.2) is 71.8 Å². The molecule has 134 valence electrons. The van der Waals surface area contributed by atoms with Gasteiger partial charge in [0.25, 0.3) is 0 Å². The minimum absolute atomic E-state index is 0.0337. The molecule has 0 amide bonds. The highest BCUT2D eigenvalue weighted by atomic mass is 32.2. The normalized spacial score (nSPS) is 12.2. The number of hydrogen-bond acceptors (Lipinski definition) is 3. The van der Waals surface area contributed by atoms with Crippen molar-refractivity contribution in [3.05, 3.63) is 72.4 Å². The quantitative estimate of drug-likeness (QED) is 0.656. The van der Waals surface area contributed by atoms with E-state index in [1.54, 1.807) is 36.4 Å². The van der Waals surface area contributed by atoms with Gasteiger partial charge in [0.1, 0.15) is 0 Å². The van der Waals surface area contributed by atoms with Gasteiger partial charge < -0.3 is 0 Å². The molecule has 7 heteroatoms. The summed E-state index contributed by atoms with van der Waals surface area (Å²) in [6.45, 7) is 0. The fourth-order valence-corrected chi connectivity index (χ4v) is 3.23. The van der Waals surface area contributed by atoms with Crippen molar-refractivity contribution in [3.63, 3.8) is 0 Å². The first-order valence-corrected chi connectivity index (χ1v) is 9.48. The van der Waals surface area contributed by atoms with E-state index in [9.17, 15) is 21.6 Å². The third-order valence-electron chi connectivity index (χ3n) is 3.84. The highest BCUT2D eigenvalue weighted by Crippen LogP contribution is 2.37. The molecule has 0 aliphatic carbocycles. The Bertz CT molecular complexity index is 1050. The Labute approximate surface area is 149 Å². The summed E-state index contributed by atoms with van der Waals surface area (Å²) in [7, 11) is -3.49. The molecule has 0 fully saturated rings. The number of halogens is 3. The van der Waals surface area contributed by atoms with Crippen LogP contribution in [-0.2, 0) is 16.0 Å². The Morgan fingerprint density at radius 2 is 1.54 bits per heavy atom. The maximum absolute atomic E-state index is 13.2. The van der Waals surface area contributed by atoms with Gasteiger partial charge in [0, 0.05) is 23.6 Å². The zero-order chi connectivity index (χ0) is 18.9. The summed E-state index contributed by atoms with van der Waals surface area (Å²) in [4.78, 5) is 4.05. The molecule has 0 aliphatic rings. The molecule has 0 bridgehead atoms. The van der Waals surface area contributed by atoms with Gasteiger partial charge in [-0.2, -0.15) is 13.2 Å². The van der Waals surface area contributed by atoms with Crippen molar-refractivity contribution >= 4 is 9.84 Å². The van der Waals surface area contributed by atoms with Crippen LogP contribution < -0.4 is 0 Å². The molecule has 0 unspecified atom stereocenters. The molecule has 0 spiro atoms. The van der Waals surface area contributed by atoms with Gasteiger partial charge in [-0.05, 0) is 23.8 Å². The second kappa shape index (κ2) is 6.57. The average Bonchev–Trinajstić information content (AvgIpc) is 2.60. The molecule has 1 aromatic heterocycles. The first-order valence-electron chi connectivity index (χ1n) is 7.59. The van der Waals surface area contributed by atoms with Crippen molar-refractivity contribution in [2.75, 3.05) is 6.26 Å². The summed E-state index contributed by atoms with van der Waals surface area (Å²) in [5.41, 5.74) is 0.670. The lowest BCUT2D eigenvalue weighted by atomic mass is 9.98. The molecule has 0 atom stereocenters. The lowest BCUT2D eigenvalue weighted by Gasteiger charge is -2.14. The monoisotopic (exact) mass is 377 g/mol. The second-order valence-electron chi connectivity index (χ2n) is 5.78. The van der Waals surface area contributed by atoms with E-state index in [1.165, 1.54) is 18.2 Å². The number of alkyl halides is 3. The van der Waals surface area contributed by atoms with Gasteiger partial charge in [-0.3, -0.25) is 4.98 Å². The van der Waals surface area contributed by atoms with Crippen molar-refractivity contribution < 1.29 is 21.6 Å². The van der Waals surface area contributed by atoms with Crippen molar-refractivity contribution in [1.29, 1.82) is 0 Å². The fourth-order valence-electron chi connectivity index (χ4n) is 2.56. The predicted octanol–water partition coefficient (Wildman–Crippen LogP) is 4.84. The van der Waals surface area contributed by atoms with E-state index >= 15 is 0 Å². The van der Waals surface area contributed by atoms with Crippen LogP contribution in [0.2, 0.25) is 0 Å². The number of benzene rings is 2. The molecule has 0 radical (unpaired) electrons. The summed E-state index contributed by atoms with van der Waals surface area (Å²) in [5, 5.41) is 0. The van der Waals surface area contributed by atoms with Gasteiger partial charge in [0.15, 0.2) is 9.84 Å². The van der Waals surface area contributed by atoms with Crippen LogP contribution in [0.5, 0.6) is 0 Å². The number of nitrogens with zero attached hydrogens (tertiary/aromatic N) is 1. The van der Waals surface area contributed by atoms with E-state index in [0.29, 0.717) is 16.8 Å². The molecule has 0 saturated carbocycles. The Balaban J connectivity index is 2.27. The van der Waals surface area contributed by atoms with E-state index in [-0.39, 0.29) is 10.5 Å². The predicted molar refractivity (Wildman–Crippen MR) is 93.2 cm³/mol. The third-order valence-corrected chi connectivity index (χ3v) is 4.95. The molecule has 2 aromatic carbocycles. The van der Waals surface area contributed by atoms with Gasteiger partial charge in [-0.25, -0.2) is 8.42 Å². The maximum Gasteiger partial charge on any atom is 0.417 e. The fraction of sp³-hybridized carbons (Fsp3) is 0.105. The molecule has 0 saturated heterocycles. The molecule has 26 heavy (non-hydrogen) atoms. The molecular formula is C19H14F3NO2S. The lowest BCUT2D eigenvalue weighted by molar-refractivity contribution is -0.137. The molecule has 3 aromatic rings. The van der Waals surface area contributed by atoms with Crippen LogP contribution in [-0.4, -0.2) is 19.7 Å². The summed E-state index contributed by atoms with van der Waals surface area (Å²) in [6.07, 6.45) is -2.72. The van der Waals surface area contributed by atoms with Crippen molar-refractivity contribution in [1.82, 2.24) is 4.98 Å². The molecular weight excluding hydrogens is 363 g/mol. The largest absolute Gasteiger partial charge is 0.417 e. The summed E-state index contributed by atoms with van der Waals surface area (Å²) in [5.74, 6) is 0. The minimum Gasteiger partial charge on any atom is -0.255 e. The topological polar surface area (TPSA) is 47.0 Å². The highest BCUT2D eigenvalue weighted by molar-refractivity contribution is 7.90. The molecule has 1 heterocycles. The Kier molecular flexibility index (Phi) is 4.58. The van der Waals surface area contributed by atoms with Gasteiger partial charge in [-0.1, -0.05) is 42.5 Å². The van der Waals surface area contributed by atoms with Crippen LogP contribution >= 0.6 is 0 Å². The molecule has 3 rings (SSSR count). The van der Waals surface area contributed by atoms with Gasteiger partial charge >= 0.3 is 6.18 Å². The van der Waals surface area contributed by atoms with E-state index < -0.39 is 21.6 Å². The van der Waals surface area contributed by atoms with Crippen LogP contribution in [0, 0.1) is 0 Å². The number of aromatic nitrogens is 1. The number of sulfone groups is 1. The molecule has 0 aliphatic heterocycles. The lowest BCUT2D eigenvalue weighted by Crippen LogP contribution is -2.06. The van der Waals surface area contributed by atoms with Crippen molar-refractivity contribution in [2.24, 2.45) is 0 Å². The average molecular weight is 377 g/mol. The highest BCUT2D eigenvalue weighted by Gasteiger charge is 2.32. The second-order valence-corrected chi connectivity index (χ2v) is 7.80. The molecule has 3 nitrogen and oxygen atoms in total. The summed E-state index contributed by atoms with van der Waals surface area (Å²) in [6, 6.07) is 15.6. The maximum atomic E-state index is 13.2. The standard InChI is InChI=1S/C19H14F3NO2S/c1-26(24,25)16-9-5-8-14(10-16)17-11-15(19(20,21)22)12-23-18(17)13-6-3-2-4-7-13/h2-12H,1H3. The SMILES string of the molecule is CS(=O)(=O)c1cccc(-c2cc(C(F)(F)F)cnc2-c2ccccc2)c1. The minimum atomic E-state index is -4.55. The Hall–Kier alpha value is -2.67. The Morgan fingerprint density at radius 3 is 2.15 bits per heavy atom. The molecule has 0 N–H and O–H groups in total. The van der Waals surface area contributed by atoms with E-state index in [4.69, 9.17) is 0 Å². The van der Waals surface area contributed by atoms with E-state index in [1.807, 2.05) is 0 Å². The summed E-state index contributed by atoms with van der Waals surface area (Å²) < 4.78 is 63.1. The third kappa shape index (κ3) is 3.77. The van der Waals surface area contributed by atoms with Gasteiger partial charge in [-0.15, -0.1) is 0 Å². The smallest absolute Gasteiger partial charge is 0.255 e. The van der Waals surface area contributed by atoms with Crippen LogP contribution in [0.1, 0.15) is 5.56 Å². The van der Waals surface area contributed by atoms with Crippen molar-refractivity contribution in [3.8, 4) is 22.4 Å². The van der Waals surface area contributed by atoms with Crippen LogP contribution in [0.3, 0.4) is 0 Å². The number of pyridine rings is 1. The first-order chi connectivity index (χ1) is 12.2. The summed E-state index contributed by atoms with van der Waals surface area (Å²) >= 11 is 0. The number of rotatable bonds is 3. The van der Waals surface area contributed by atoms with Crippen LogP contribution in [0.4, 0.5) is 13.2 Å². The first kappa shape index (κ1) is 18.1. The van der Waals surface area contributed by atoms with E-state index in [0.717, 1.165) is 18.5 Å². The number of hydrogen-bond donors (Lipinski definition) is 0. The van der Waals surface area contributed by atoms with Crippen LogP contribution in [0.25, 0.3) is 22.4 Å². The Morgan fingerprint density at radius 1 is 0.885 bits per heavy atom.